The summed E-state index contributed by atoms with van der Waals surface area (Å²) in [5.74, 6) is 0.821. The number of amides is 2. The number of anilines is 1. The third kappa shape index (κ3) is 4.57. The van der Waals surface area contributed by atoms with Gasteiger partial charge in [-0.3, -0.25) is 14.4 Å². The van der Waals surface area contributed by atoms with E-state index in [0.29, 0.717) is 17.3 Å². The number of carbonyl (C=O) groups excluding carboxylic acids is 2. The molecule has 4 rings (SSSR count). The number of thiophene rings is 1. The van der Waals surface area contributed by atoms with Crippen molar-refractivity contribution in [3.8, 4) is 0 Å². The number of aryl methyl sites for hydroxylation is 2. The summed E-state index contributed by atoms with van der Waals surface area (Å²) in [5, 5.41) is 3.50. The molecule has 0 saturated heterocycles. The molecule has 2 amide bonds. The van der Waals surface area contributed by atoms with Gasteiger partial charge in [-0.25, -0.2) is 4.98 Å². The number of nitrogens with one attached hydrogen (secondary N) is 2. The highest BCUT2D eigenvalue weighted by molar-refractivity contribution is 7.99. The number of aromatic nitrogens is 2. The molecule has 0 spiro atoms. The van der Waals surface area contributed by atoms with Gasteiger partial charge in [0.1, 0.15) is 10.7 Å². The van der Waals surface area contributed by atoms with E-state index < -0.39 is 0 Å². The molecule has 1 aromatic carbocycles. The van der Waals surface area contributed by atoms with Gasteiger partial charge < -0.3 is 15.2 Å². The number of thioether (sulfide) groups is 1. The summed E-state index contributed by atoms with van der Waals surface area (Å²) < 4.78 is 0. The van der Waals surface area contributed by atoms with Crippen LogP contribution < -0.4 is 10.9 Å². The number of likely N-dealkylation sites (N-methyl/N-ethyl adjacent to an activating group) is 1. The van der Waals surface area contributed by atoms with Crippen molar-refractivity contribution in [2.45, 2.75) is 25.0 Å². The van der Waals surface area contributed by atoms with Gasteiger partial charge >= 0.3 is 0 Å². The van der Waals surface area contributed by atoms with E-state index in [4.69, 9.17) is 0 Å². The molecule has 2 N–H and O–H groups in total. The second-order valence-corrected chi connectivity index (χ2v) is 9.28. The molecule has 0 atom stereocenters. The van der Waals surface area contributed by atoms with Crippen LogP contribution in [0.25, 0.3) is 10.2 Å². The van der Waals surface area contributed by atoms with Crippen LogP contribution in [0.4, 0.5) is 5.69 Å². The molecule has 0 unspecified atom stereocenters. The maximum Gasteiger partial charge on any atom is 0.259 e. The van der Waals surface area contributed by atoms with Crippen molar-refractivity contribution in [1.82, 2.24) is 14.9 Å². The minimum absolute atomic E-state index is 0.0178. The number of carbonyl (C=O) groups is 2. The Morgan fingerprint density at radius 2 is 2.07 bits per heavy atom. The number of fused-ring (bicyclic) bond motifs is 3. The Hall–Kier alpha value is -2.65. The minimum atomic E-state index is -0.246. The highest BCUT2D eigenvalue weighted by Crippen LogP contribution is 2.34. The molecular formula is C21H22N4O3S2. The fourth-order valence-corrected chi connectivity index (χ4v) is 5.59. The van der Waals surface area contributed by atoms with Crippen molar-refractivity contribution in [1.29, 1.82) is 0 Å². The van der Waals surface area contributed by atoms with Crippen molar-refractivity contribution in [3.05, 3.63) is 57.0 Å². The van der Waals surface area contributed by atoms with Crippen molar-refractivity contribution in [3.63, 3.8) is 0 Å². The largest absolute Gasteiger partial charge is 0.336 e. The first-order valence-electron chi connectivity index (χ1n) is 9.71. The molecule has 7 nitrogen and oxygen atoms in total. The lowest BCUT2D eigenvalue weighted by atomic mass is 10.2. The second kappa shape index (κ2) is 9.01. The average Bonchev–Trinajstić information content (AvgIpc) is 3.29. The highest BCUT2D eigenvalue weighted by Gasteiger charge is 2.21. The number of hydrogen-bond acceptors (Lipinski definition) is 6. The number of nitrogens with zero attached hydrogens (tertiary/aromatic N) is 2. The zero-order chi connectivity index (χ0) is 21.1. The number of benzene rings is 1. The fraction of sp³-hybridized carbons (Fsp3) is 0.333. The van der Waals surface area contributed by atoms with Crippen LogP contribution in [0.3, 0.4) is 0 Å². The minimum Gasteiger partial charge on any atom is -0.336 e. The van der Waals surface area contributed by atoms with Crippen molar-refractivity contribution in [2.24, 2.45) is 0 Å². The van der Waals surface area contributed by atoms with Crippen molar-refractivity contribution in [2.75, 3.05) is 24.7 Å². The lowest BCUT2D eigenvalue weighted by Crippen LogP contribution is -2.36. The van der Waals surface area contributed by atoms with Gasteiger partial charge in [0, 0.05) is 17.6 Å². The normalized spacial score (nSPS) is 12.7. The van der Waals surface area contributed by atoms with E-state index in [0.717, 1.165) is 35.0 Å². The third-order valence-corrected chi connectivity index (χ3v) is 7.07. The molecular weight excluding hydrogens is 420 g/mol. The van der Waals surface area contributed by atoms with E-state index in [2.05, 4.69) is 15.3 Å². The van der Waals surface area contributed by atoms with Gasteiger partial charge in [0.25, 0.3) is 5.56 Å². The van der Waals surface area contributed by atoms with E-state index in [1.54, 1.807) is 30.5 Å². The summed E-state index contributed by atoms with van der Waals surface area (Å²) in [7, 11) is 1.60. The summed E-state index contributed by atoms with van der Waals surface area (Å²) >= 11 is 2.98. The van der Waals surface area contributed by atoms with Gasteiger partial charge in [-0.15, -0.1) is 23.1 Å². The number of rotatable bonds is 7. The lowest BCUT2D eigenvalue weighted by molar-refractivity contribution is -0.131. The molecule has 0 bridgehead atoms. The molecule has 1 aliphatic rings. The molecule has 0 radical (unpaired) electrons. The molecule has 0 aliphatic heterocycles. The third-order valence-electron chi connectivity index (χ3n) is 4.95. The van der Waals surface area contributed by atoms with E-state index in [1.807, 2.05) is 18.2 Å². The molecule has 0 fully saturated rings. The van der Waals surface area contributed by atoms with Crippen LogP contribution in [0.5, 0.6) is 0 Å². The predicted molar refractivity (Wildman–Crippen MR) is 121 cm³/mol. The Morgan fingerprint density at radius 1 is 1.27 bits per heavy atom. The first-order valence-corrected chi connectivity index (χ1v) is 11.7. The van der Waals surface area contributed by atoms with Gasteiger partial charge in [0.2, 0.25) is 11.8 Å². The van der Waals surface area contributed by atoms with Crippen LogP contribution in [0.2, 0.25) is 0 Å². The zero-order valence-corrected chi connectivity index (χ0v) is 18.2. The van der Waals surface area contributed by atoms with E-state index in [-0.39, 0.29) is 29.7 Å². The first kappa shape index (κ1) is 20.6. The number of para-hydroxylation sites is 1. The molecule has 0 saturated carbocycles. The van der Waals surface area contributed by atoms with Crippen LogP contribution in [-0.4, -0.2) is 46.0 Å². The maximum atomic E-state index is 12.5. The molecule has 1 aliphatic carbocycles. The van der Waals surface area contributed by atoms with Crippen LogP contribution in [-0.2, 0) is 28.2 Å². The van der Waals surface area contributed by atoms with Crippen LogP contribution >= 0.6 is 23.1 Å². The summed E-state index contributed by atoms with van der Waals surface area (Å²) in [6.07, 6.45) is 3.08. The Balaban J connectivity index is 1.29. The quantitative estimate of drug-likeness (QED) is 0.587. The van der Waals surface area contributed by atoms with Gasteiger partial charge in [-0.2, -0.15) is 0 Å². The highest BCUT2D eigenvalue weighted by atomic mass is 32.2. The summed E-state index contributed by atoms with van der Waals surface area (Å²) in [6, 6.07) is 9.12. The Kier molecular flexibility index (Phi) is 6.19. The number of hydrogen-bond donors (Lipinski definition) is 2. The molecule has 2 heterocycles. The Bertz CT molecular complexity index is 1140. The van der Waals surface area contributed by atoms with Crippen LogP contribution in [0.15, 0.2) is 35.1 Å². The van der Waals surface area contributed by atoms with Gasteiger partial charge in [-0.1, -0.05) is 18.2 Å². The van der Waals surface area contributed by atoms with Gasteiger partial charge in [0.15, 0.2) is 0 Å². The van der Waals surface area contributed by atoms with Gasteiger partial charge in [0.05, 0.1) is 23.4 Å². The molecule has 30 heavy (non-hydrogen) atoms. The number of aromatic amines is 1. The molecule has 2 aromatic heterocycles. The SMILES string of the molecule is CN(CC(=O)Nc1ccccc1)C(=O)CSCc1nc2sc3c(c2c(=O)[nH]1)CCC3. The predicted octanol–water partition coefficient (Wildman–Crippen LogP) is 2.80. The van der Waals surface area contributed by atoms with E-state index >= 15 is 0 Å². The van der Waals surface area contributed by atoms with Gasteiger partial charge in [-0.05, 0) is 37.0 Å². The molecule has 156 valence electrons. The fourth-order valence-electron chi connectivity index (χ4n) is 3.49. The van der Waals surface area contributed by atoms with Crippen molar-refractivity contribution < 1.29 is 9.59 Å². The topological polar surface area (TPSA) is 95.2 Å². The van der Waals surface area contributed by atoms with E-state index in [1.165, 1.54) is 21.5 Å². The Morgan fingerprint density at radius 3 is 2.87 bits per heavy atom. The standard InChI is InChI=1S/C21H22N4O3S2/c1-25(10-17(26)22-13-6-3-2-4-7-13)18(27)12-29-11-16-23-20(28)19-14-8-5-9-15(14)30-21(19)24-16/h2-4,6-7H,5,8-12H2,1H3,(H,22,26)(H,23,24,28). The maximum absolute atomic E-state index is 12.5. The van der Waals surface area contributed by atoms with Crippen LogP contribution in [0.1, 0.15) is 22.7 Å². The summed E-state index contributed by atoms with van der Waals surface area (Å²) in [5.41, 5.74) is 1.77. The lowest BCUT2D eigenvalue weighted by Gasteiger charge is -2.16. The zero-order valence-electron chi connectivity index (χ0n) is 16.6. The molecule has 3 aromatic rings. The van der Waals surface area contributed by atoms with Crippen LogP contribution in [0, 0.1) is 0 Å². The smallest absolute Gasteiger partial charge is 0.259 e. The second-order valence-electron chi connectivity index (χ2n) is 7.21. The first-order chi connectivity index (χ1) is 14.5. The Labute approximate surface area is 181 Å². The van der Waals surface area contributed by atoms with E-state index in [9.17, 15) is 14.4 Å². The number of H-pyrrole nitrogens is 1. The monoisotopic (exact) mass is 442 g/mol. The molecule has 9 heteroatoms. The average molecular weight is 443 g/mol. The van der Waals surface area contributed by atoms with Crippen molar-refractivity contribution >= 4 is 50.8 Å². The summed E-state index contributed by atoms with van der Waals surface area (Å²) in [6.45, 7) is -0.0178. The summed E-state index contributed by atoms with van der Waals surface area (Å²) in [4.78, 5) is 47.8.